The van der Waals surface area contributed by atoms with Crippen LogP contribution in [0.5, 0.6) is 0 Å². The Morgan fingerprint density at radius 2 is 2.08 bits per heavy atom. The molecule has 0 saturated carbocycles. The second-order valence-electron chi connectivity index (χ2n) is 3.78. The molecule has 0 amide bonds. The number of nitrogens with one attached hydrogen (secondary N) is 1. The molecule has 0 fully saturated rings. The van der Waals surface area contributed by atoms with E-state index >= 15 is 0 Å². The summed E-state index contributed by atoms with van der Waals surface area (Å²) in [4.78, 5) is 4.69. The molecule has 1 aliphatic heterocycles. The summed E-state index contributed by atoms with van der Waals surface area (Å²) in [5.74, 6) is 0.285. The number of nitrogens with zero attached hydrogens (tertiary/aromatic N) is 1. The van der Waals surface area contributed by atoms with Crippen molar-refractivity contribution in [1.82, 2.24) is 0 Å². The van der Waals surface area contributed by atoms with Gasteiger partial charge in [-0.05, 0) is 17.2 Å². The molecule has 4 heteroatoms. The fourth-order valence-electron chi connectivity index (χ4n) is 0.840. The van der Waals surface area contributed by atoms with Gasteiger partial charge in [-0.2, -0.15) is 0 Å². The Balaban J connectivity index is 2.83. The Labute approximate surface area is 76.6 Å². The molecule has 0 aromatic heterocycles. The number of aliphatic imine (C=N–C) groups is 1. The third-order valence-electron chi connectivity index (χ3n) is 1.23. The first kappa shape index (κ1) is 9.32. The molecule has 1 heterocycles. The SMILES string of the molecule is CC(C)(C)/C=C1\SC(N)=NC1=N. The van der Waals surface area contributed by atoms with Crippen LogP contribution in [0, 0.1) is 10.8 Å². The first-order valence-corrected chi connectivity index (χ1v) is 4.54. The maximum Gasteiger partial charge on any atom is 0.165 e. The van der Waals surface area contributed by atoms with Crippen LogP contribution < -0.4 is 5.73 Å². The Hall–Kier alpha value is -0.770. The molecule has 0 saturated heterocycles. The van der Waals surface area contributed by atoms with Gasteiger partial charge in [-0.15, -0.1) is 0 Å². The first-order valence-electron chi connectivity index (χ1n) is 3.72. The number of hydrogen-bond donors (Lipinski definition) is 2. The lowest BCUT2D eigenvalue weighted by Crippen LogP contribution is -2.03. The van der Waals surface area contributed by atoms with E-state index in [0.29, 0.717) is 5.17 Å². The lowest BCUT2D eigenvalue weighted by molar-refractivity contribution is 0.544. The molecule has 0 spiro atoms. The van der Waals surface area contributed by atoms with Gasteiger partial charge in [-0.3, -0.25) is 5.41 Å². The summed E-state index contributed by atoms with van der Waals surface area (Å²) in [6.07, 6.45) is 2.02. The fraction of sp³-hybridized carbons (Fsp3) is 0.500. The lowest BCUT2D eigenvalue weighted by atomic mass is 9.96. The van der Waals surface area contributed by atoms with Gasteiger partial charge in [0.2, 0.25) is 0 Å². The lowest BCUT2D eigenvalue weighted by Gasteiger charge is -2.12. The average Bonchev–Trinajstić information content (AvgIpc) is 2.06. The highest BCUT2D eigenvalue weighted by Crippen LogP contribution is 2.29. The summed E-state index contributed by atoms with van der Waals surface area (Å²) in [6, 6.07) is 0. The highest BCUT2D eigenvalue weighted by molar-refractivity contribution is 8.18. The van der Waals surface area contributed by atoms with E-state index in [2.05, 4.69) is 25.8 Å². The molecular weight excluding hydrogens is 170 g/mol. The molecule has 1 aliphatic rings. The number of amidine groups is 2. The van der Waals surface area contributed by atoms with Gasteiger partial charge in [0.1, 0.15) is 0 Å². The summed E-state index contributed by atoms with van der Waals surface area (Å²) in [7, 11) is 0. The summed E-state index contributed by atoms with van der Waals surface area (Å²) in [5.41, 5.74) is 5.54. The summed E-state index contributed by atoms with van der Waals surface area (Å²) in [6.45, 7) is 6.26. The third kappa shape index (κ3) is 2.37. The van der Waals surface area contributed by atoms with E-state index < -0.39 is 0 Å². The van der Waals surface area contributed by atoms with E-state index in [9.17, 15) is 0 Å². The second kappa shape index (κ2) is 2.94. The number of hydrogen-bond acceptors (Lipinski definition) is 3. The molecule has 0 bridgehead atoms. The Morgan fingerprint density at radius 3 is 2.42 bits per heavy atom. The molecule has 0 atom stereocenters. The van der Waals surface area contributed by atoms with E-state index in [1.54, 1.807) is 0 Å². The quantitative estimate of drug-likeness (QED) is 0.603. The van der Waals surface area contributed by atoms with Crippen LogP contribution in [0.3, 0.4) is 0 Å². The van der Waals surface area contributed by atoms with E-state index in [1.165, 1.54) is 11.8 Å². The van der Waals surface area contributed by atoms with Crippen LogP contribution in [0.4, 0.5) is 0 Å². The molecule has 0 aromatic carbocycles. The van der Waals surface area contributed by atoms with Crippen LogP contribution in [-0.2, 0) is 0 Å². The third-order valence-corrected chi connectivity index (χ3v) is 2.07. The average molecular weight is 183 g/mol. The van der Waals surface area contributed by atoms with Gasteiger partial charge in [0, 0.05) is 0 Å². The normalized spacial score (nSPS) is 21.8. The first-order chi connectivity index (χ1) is 5.38. The zero-order valence-corrected chi connectivity index (χ0v) is 8.33. The predicted octanol–water partition coefficient (Wildman–Crippen LogP) is 1.96. The largest absolute Gasteiger partial charge is 0.378 e. The Bertz CT molecular complexity index is 271. The number of nitrogens with two attached hydrogens (primary N) is 1. The minimum absolute atomic E-state index is 0.0781. The van der Waals surface area contributed by atoms with Crippen molar-refractivity contribution < 1.29 is 0 Å². The van der Waals surface area contributed by atoms with Crippen molar-refractivity contribution in [2.75, 3.05) is 0 Å². The molecule has 66 valence electrons. The van der Waals surface area contributed by atoms with Crippen LogP contribution in [-0.4, -0.2) is 11.0 Å². The van der Waals surface area contributed by atoms with E-state index in [4.69, 9.17) is 11.1 Å². The van der Waals surface area contributed by atoms with Gasteiger partial charge in [-0.1, -0.05) is 26.8 Å². The molecule has 3 N–H and O–H groups in total. The Morgan fingerprint density at radius 1 is 1.50 bits per heavy atom. The van der Waals surface area contributed by atoms with Gasteiger partial charge in [-0.25, -0.2) is 4.99 Å². The van der Waals surface area contributed by atoms with Gasteiger partial charge in [0.05, 0.1) is 4.91 Å². The van der Waals surface area contributed by atoms with Gasteiger partial charge < -0.3 is 5.73 Å². The van der Waals surface area contributed by atoms with Crippen molar-refractivity contribution in [3.63, 3.8) is 0 Å². The van der Waals surface area contributed by atoms with E-state index in [-0.39, 0.29) is 11.3 Å². The predicted molar refractivity (Wildman–Crippen MR) is 54.5 cm³/mol. The molecule has 0 unspecified atom stereocenters. The summed E-state index contributed by atoms with van der Waals surface area (Å²) >= 11 is 1.36. The van der Waals surface area contributed by atoms with Gasteiger partial charge in [0.25, 0.3) is 0 Å². The molecule has 0 aromatic rings. The second-order valence-corrected chi connectivity index (χ2v) is 4.84. The molecular formula is C8H13N3S. The zero-order valence-electron chi connectivity index (χ0n) is 7.51. The van der Waals surface area contributed by atoms with Crippen LogP contribution >= 0.6 is 11.8 Å². The highest BCUT2D eigenvalue weighted by atomic mass is 32.2. The van der Waals surface area contributed by atoms with Crippen LogP contribution in [0.15, 0.2) is 16.0 Å². The van der Waals surface area contributed by atoms with Crippen molar-refractivity contribution in [3.8, 4) is 0 Å². The maximum absolute atomic E-state index is 7.46. The van der Waals surface area contributed by atoms with Crippen molar-refractivity contribution in [2.24, 2.45) is 16.1 Å². The monoisotopic (exact) mass is 183 g/mol. The van der Waals surface area contributed by atoms with E-state index in [0.717, 1.165) is 4.91 Å². The van der Waals surface area contributed by atoms with Crippen molar-refractivity contribution in [1.29, 1.82) is 5.41 Å². The van der Waals surface area contributed by atoms with Crippen LogP contribution in [0.25, 0.3) is 0 Å². The smallest absolute Gasteiger partial charge is 0.165 e. The molecule has 1 rings (SSSR count). The van der Waals surface area contributed by atoms with Gasteiger partial charge >= 0.3 is 0 Å². The van der Waals surface area contributed by atoms with Gasteiger partial charge in [0.15, 0.2) is 11.0 Å². The Kier molecular flexibility index (Phi) is 2.28. The number of rotatable bonds is 0. The maximum atomic E-state index is 7.46. The standard InChI is InChI=1S/C8H13N3S/c1-8(2,3)4-5-6(9)11-7(10)12-5/h4H,1-3H3,(H3,9,10,11)/b5-4-. The van der Waals surface area contributed by atoms with Crippen LogP contribution in [0.1, 0.15) is 20.8 Å². The molecule has 0 radical (unpaired) electrons. The number of allylic oxidation sites excluding steroid dienone is 1. The zero-order chi connectivity index (χ0) is 9.35. The summed E-state index contributed by atoms with van der Waals surface area (Å²) in [5, 5.41) is 7.93. The van der Waals surface area contributed by atoms with E-state index in [1.807, 2.05) is 6.08 Å². The minimum Gasteiger partial charge on any atom is -0.378 e. The topological polar surface area (TPSA) is 62.2 Å². The molecule has 3 nitrogen and oxygen atoms in total. The summed E-state index contributed by atoms with van der Waals surface area (Å²) < 4.78 is 0. The number of thioether (sulfide) groups is 1. The van der Waals surface area contributed by atoms with Crippen molar-refractivity contribution in [2.45, 2.75) is 20.8 Å². The minimum atomic E-state index is 0.0781. The van der Waals surface area contributed by atoms with Crippen molar-refractivity contribution >= 4 is 22.8 Å². The fourth-order valence-corrected chi connectivity index (χ4v) is 1.76. The molecule has 12 heavy (non-hydrogen) atoms. The van der Waals surface area contributed by atoms with Crippen molar-refractivity contribution in [3.05, 3.63) is 11.0 Å². The highest BCUT2D eigenvalue weighted by Gasteiger charge is 2.18. The molecule has 0 aliphatic carbocycles. The van der Waals surface area contributed by atoms with Crippen LogP contribution in [0.2, 0.25) is 0 Å².